The van der Waals surface area contributed by atoms with E-state index in [1.807, 2.05) is 0 Å². The Hall–Kier alpha value is -1.44. The molecule has 0 aromatic heterocycles. The van der Waals surface area contributed by atoms with Gasteiger partial charge in [0, 0.05) is 13.0 Å². The fraction of sp³-hybridized carbons (Fsp3) is 0.854. The van der Waals surface area contributed by atoms with Gasteiger partial charge in [-0.05, 0) is 51.4 Å². The van der Waals surface area contributed by atoms with Crippen molar-refractivity contribution < 1.29 is 58.3 Å². The molecule has 0 aromatic carbocycles. The first-order chi connectivity index (χ1) is 29.5. The maximum absolute atomic E-state index is 12.8. The average Bonchev–Trinajstić information content (AvgIpc) is 3.24. The SMILES string of the molecule is CCCCC/C=C\C/C=C\C/C=C\CCCCCCCCCOCC(COP(=O)(O)OC1C(O)C(O)C(O)C(O)C1O)OC(=O)CCCCCCCCCCCCCCCC. The second-order valence-corrected chi connectivity index (χ2v) is 18.4. The van der Waals surface area contributed by atoms with E-state index < -0.39 is 63.1 Å². The Kier molecular flexibility index (Phi) is 36.8. The number of esters is 1. The first-order valence-electron chi connectivity index (χ1n) is 24.3. The second-order valence-electron chi connectivity index (χ2n) is 17.0. The molecular weight excluding hydrogens is 799 g/mol. The van der Waals surface area contributed by atoms with Crippen molar-refractivity contribution in [1.82, 2.24) is 0 Å². The lowest BCUT2D eigenvalue weighted by molar-refractivity contribution is -0.220. The van der Waals surface area contributed by atoms with Crippen molar-refractivity contribution in [3.8, 4) is 0 Å². The van der Waals surface area contributed by atoms with E-state index in [1.165, 1.54) is 109 Å². The van der Waals surface area contributed by atoms with Gasteiger partial charge in [-0.15, -0.1) is 0 Å². The number of allylic oxidation sites excluding steroid dienone is 6. The van der Waals surface area contributed by atoms with Crippen LogP contribution in [0.2, 0.25) is 0 Å². The molecule has 1 aliphatic rings. The Morgan fingerprint density at radius 1 is 0.525 bits per heavy atom. The van der Waals surface area contributed by atoms with Crippen molar-refractivity contribution in [3.63, 3.8) is 0 Å². The Morgan fingerprint density at radius 3 is 1.43 bits per heavy atom. The number of phosphoric ester groups is 1. The number of phosphoric acid groups is 1. The van der Waals surface area contributed by atoms with E-state index in [0.29, 0.717) is 13.0 Å². The van der Waals surface area contributed by atoms with Gasteiger partial charge >= 0.3 is 13.8 Å². The lowest BCUT2D eigenvalue weighted by atomic mass is 9.85. The van der Waals surface area contributed by atoms with Crippen molar-refractivity contribution >= 4 is 13.8 Å². The Labute approximate surface area is 370 Å². The molecule has 358 valence electrons. The zero-order valence-corrected chi connectivity index (χ0v) is 39.1. The predicted molar refractivity (Wildman–Crippen MR) is 244 cm³/mol. The van der Waals surface area contributed by atoms with Gasteiger partial charge in [-0.3, -0.25) is 13.8 Å². The van der Waals surface area contributed by atoms with Crippen LogP contribution in [0.15, 0.2) is 36.5 Å². The van der Waals surface area contributed by atoms with E-state index in [-0.39, 0.29) is 13.0 Å². The van der Waals surface area contributed by atoms with Crippen LogP contribution in [0.25, 0.3) is 0 Å². The number of unbranched alkanes of at least 4 members (excludes halogenated alkanes) is 23. The van der Waals surface area contributed by atoms with Crippen molar-refractivity contribution in [3.05, 3.63) is 36.5 Å². The molecule has 12 nitrogen and oxygen atoms in total. The largest absolute Gasteiger partial charge is 0.472 e. The van der Waals surface area contributed by atoms with E-state index in [4.69, 9.17) is 18.5 Å². The zero-order chi connectivity index (χ0) is 44.8. The third-order valence-electron chi connectivity index (χ3n) is 11.3. The van der Waals surface area contributed by atoms with E-state index >= 15 is 0 Å². The van der Waals surface area contributed by atoms with Crippen LogP contribution in [-0.2, 0) is 27.9 Å². The van der Waals surface area contributed by atoms with Gasteiger partial charge in [-0.2, -0.15) is 0 Å². The number of aliphatic hydroxyl groups is 5. The fourth-order valence-corrected chi connectivity index (χ4v) is 8.34. The number of aliphatic hydroxyl groups excluding tert-OH is 5. The van der Waals surface area contributed by atoms with Gasteiger partial charge in [-0.1, -0.05) is 179 Å². The highest BCUT2D eigenvalue weighted by molar-refractivity contribution is 7.47. The predicted octanol–water partition coefficient (Wildman–Crippen LogP) is 10.3. The van der Waals surface area contributed by atoms with Gasteiger partial charge < -0.3 is 39.9 Å². The Morgan fingerprint density at radius 2 is 0.918 bits per heavy atom. The molecule has 1 rings (SSSR count). The highest BCUT2D eigenvalue weighted by Gasteiger charge is 2.51. The molecule has 0 aromatic rings. The maximum atomic E-state index is 12.8. The summed E-state index contributed by atoms with van der Waals surface area (Å²) in [4.78, 5) is 23.2. The topological polar surface area (TPSA) is 192 Å². The molecule has 6 N–H and O–H groups in total. The molecule has 0 heterocycles. The minimum Gasteiger partial charge on any atom is -0.457 e. The quantitative estimate of drug-likeness (QED) is 0.0148. The van der Waals surface area contributed by atoms with Crippen molar-refractivity contribution in [2.45, 2.75) is 243 Å². The van der Waals surface area contributed by atoms with Gasteiger partial charge in [0.15, 0.2) is 0 Å². The lowest BCUT2D eigenvalue weighted by Crippen LogP contribution is -2.64. The summed E-state index contributed by atoms with van der Waals surface area (Å²) >= 11 is 0. The number of carbonyl (C=O) groups is 1. The molecule has 1 fully saturated rings. The van der Waals surface area contributed by atoms with Crippen LogP contribution in [0.4, 0.5) is 0 Å². The molecule has 6 atom stereocenters. The summed E-state index contributed by atoms with van der Waals surface area (Å²) in [5, 5.41) is 50.2. The zero-order valence-electron chi connectivity index (χ0n) is 38.2. The highest BCUT2D eigenvalue weighted by Crippen LogP contribution is 2.47. The van der Waals surface area contributed by atoms with Crippen molar-refractivity contribution in [2.75, 3.05) is 19.8 Å². The maximum Gasteiger partial charge on any atom is 0.472 e. The molecule has 13 heteroatoms. The van der Waals surface area contributed by atoms with Crippen LogP contribution in [0.1, 0.15) is 200 Å². The fourth-order valence-electron chi connectivity index (χ4n) is 7.36. The number of hydrogen-bond donors (Lipinski definition) is 6. The molecule has 0 bridgehead atoms. The first kappa shape index (κ1) is 57.6. The third kappa shape index (κ3) is 31.1. The Balaban J connectivity index is 2.37. The van der Waals surface area contributed by atoms with Crippen molar-refractivity contribution in [2.24, 2.45) is 0 Å². The van der Waals surface area contributed by atoms with Gasteiger partial charge in [0.2, 0.25) is 0 Å². The van der Waals surface area contributed by atoms with Crippen LogP contribution in [-0.4, -0.2) is 98.9 Å². The summed E-state index contributed by atoms with van der Waals surface area (Å²) in [6.07, 6.45) is 33.5. The standard InChI is InChI=1S/C48H89O12P/c1-3-5-7-9-11-13-15-17-19-20-21-22-23-24-26-28-30-32-34-36-38-57-39-41(40-58-61(55,56)60-48-46(53)44(51)43(50)45(52)47(48)54)59-42(49)37-35-33-31-29-27-25-18-16-14-12-10-8-6-4-2/h11,13,17,19,21-22,41,43-48,50-54H,3-10,12,14-16,18,20,23-40H2,1-2H3,(H,55,56)/b13-11-,19-17-,22-21-. The minimum absolute atomic E-state index is 0.0811. The first-order valence-corrected chi connectivity index (χ1v) is 25.8. The average molecular weight is 889 g/mol. The van der Waals surface area contributed by atoms with Crippen LogP contribution in [0, 0.1) is 0 Å². The molecule has 6 unspecified atom stereocenters. The van der Waals surface area contributed by atoms with E-state index in [0.717, 1.165) is 64.2 Å². The molecule has 0 amide bonds. The molecule has 0 aliphatic heterocycles. The van der Waals surface area contributed by atoms with Gasteiger partial charge in [0.05, 0.1) is 13.2 Å². The summed E-state index contributed by atoms with van der Waals surface area (Å²) in [5.74, 6) is -0.480. The molecule has 61 heavy (non-hydrogen) atoms. The smallest absolute Gasteiger partial charge is 0.457 e. The summed E-state index contributed by atoms with van der Waals surface area (Å²) in [6, 6.07) is 0. The van der Waals surface area contributed by atoms with Crippen LogP contribution >= 0.6 is 7.82 Å². The van der Waals surface area contributed by atoms with E-state index in [1.54, 1.807) is 0 Å². The van der Waals surface area contributed by atoms with Crippen molar-refractivity contribution in [1.29, 1.82) is 0 Å². The minimum atomic E-state index is -5.02. The lowest BCUT2D eigenvalue weighted by Gasteiger charge is -2.41. The molecule has 1 saturated carbocycles. The van der Waals surface area contributed by atoms with Gasteiger partial charge in [0.1, 0.15) is 42.7 Å². The van der Waals surface area contributed by atoms with Crippen LogP contribution in [0.5, 0.6) is 0 Å². The van der Waals surface area contributed by atoms with Gasteiger partial charge in [-0.25, -0.2) is 4.57 Å². The van der Waals surface area contributed by atoms with Crippen LogP contribution < -0.4 is 0 Å². The normalized spacial score (nSPS) is 22.4. The van der Waals surface area contributed by atoms with Gasteiger partial charge in [0.25, 0.3) is 0 Å². The summed E-state index contributed by atoms with van der Waals surface area (Å²) < 4.78 is 34.2. The number of carbonyl (C=O) groups excluding carboxylic acids is 1. The summed E-state index contributed by atoms with van der Waals surface area (Å²) in [7, 11) is -5.02. The molecule has 0 spiro atoms. The third-order valence-corrected chi connectivity index (χ3v) is 12.3. The summed E-state index contributed by atoms with van der Waals surface area (Å²) in [6.45, 7) is 4.22. The molecular formula is C48H89O12P. The Bertz CT molecular complexity index is 1150. The number of ether oxygens (including phenoxy) is 2. The second kappa shape index (κ2) is 39.0. The van der Waals surface area contributed by atoms with Crippen LogP contribution in [0.3, 0.4) is 0 Å². The summed E-state index contributed by atoms with van der Waals surface area (Å²) in [5.41, 5.74) is 0. The molecule has 0 saturated heterocycles. The highest BCUT2D eigenvalue weighted by atomic mass is 31.2. The number of hydrogen-bond acceptors (Lipinski definition) is 11. The number of rotatable bonds is 41. The molecule has 1 aliphatic carbocycles. The van der Waals surface area contributed by atoms with E-state index in [2.05, 4.69) is 50.3 Å². The molecule has 0 radical (unpaired) electrons. The van der Waals surface area contributed by atoms with E-state index in [9.17, 15) is 39.8 Å². The monoisotopic (exact) mass is 889 g/mol.